The van der Waals surface area contributed by atoms with Crippen LogP contribution in [0.15, 0.2) is 18.5 Å². The lowest BCUT2D eigenvalue weighted by Crippen LogP contribution is -2.06. The van der Waals surface area contributed by atoms with E-state index in [1.165, 1.54) is 20.5 Å². The summed E-state index contributed by atoms with van der Waals surface area (Å²) < 4.78 is 11.0. The molecule has 0 aliphatic carbocycles. The van der Waals surface area contributed by atoms with Crippen molar-refractivity contribution >= 4 is 17.8 Å². The topological polar surface area (TPSA) is 57.5 Å². The van der Waals surface area contributed by atoms with E-state index < -0.39 is 5.97 Å². The lowest BCUT2D eigenvalue weighted by molar-refractivity contribution is -0.133. The summed E-state index contributed by atoms with van der Waals surface area (Å²) in [5.41, 5.74) is 1.10. The van der Waals surface area contributed by atoms with E-state index in [0.717, 1.165) is 0 Å². The molecule has 0 saturated heterocycles. The summed E-state index contributed by atoms with van der Waals surface area (Å²) in [4.78, 5) is 22.4. The third-order valence-corrected chi connectivity index (χ3v) is 2.16. The van der Waals surface area contributed by atoms with E-state index >= 15 is 0 Å². The molecule has 0 aromatic carbocycles. The molecule has 0 spiro atoms. The number of nitrogens with zero attached hydrogens (tertiary/aromatic N) is 1. The first kappa shape index (κ1) is 12.0. The van der Waals surface area contributed by atoms with Crippen LogP contribution in [0.25, 0.3) is 5.57 Å². The molecular formula is C11H13NO4. The van der Waals surface area contributed by atoms with Gasteiger partial charge in [0.15, 0.2) is 6.29 Å². The number of esters is 1. The Hall–Kier alpha value is -2.04. The Balaban J connectivity index is 3.26. The molecule has 0 unspecified atom stereocenters. The fraction of sp³-hybridized carbons (Fsp3) is 0.273. The first-order valence-corrected chi connectivity index (χ1v) is 4.57. The van der Waals surface area contributed by atoms with Crippen LogP contribution in [-0.2, 0) is 21.3 Å². The number of carbonyl (C=O) groups excluding carboxylic acids is 2. The lowest BCUT2D eigenvalue weighted by atomic mass is 10.1. The number of aldehydes is 1. The Bertz CT molecular complexity index is 431. The number of aryl methyl sites for hydroxylation is 1. The monoisotopic (exact) mass is 223 g/mol. The molecule has 0 fully saturated rings. The van der Waals surface area contributed by atoms with Gasteiger partial charge in [-0.25, -0.2) is 4.79 Å². The molecule has 86 valence electrons. The molecule has 0 saturated carbocycles. The van der Waals surface area contributed by atoms with Gasteiger partial charge in [-0.05, 0) is 6.07 Å². The van der Waals surface area contributed by atoms with Crippen molar-refractivity contribution in [2.45, 2.75) is 0 Å². The summed E-state index contributed by atoms with van der Waals surface area (Å²) in [5.74, 6) is -0.545. The third-order valence-electron chi connectivity index (χ3n) is 2.16. The number of carbonyl (C=O) groups is 2. The lowest BCUT2D eigenvalue weighted by Gasteiger charge is -2.04. The molecule has 0 aliphatic heterocycles. The smallest absolute Gasteiger partial charge is 0.341 e. The first-order chi connectivity index (χ1) is 7.65. The predicted octanol–water partition coefficient (Wildman–Crippen LogP) is 0.998. The van der Waals surface area contributed by atoms with Crippen LogP contribution < -0.4 is 0 Å². The molecule has 0 bridgehead atoms. The highest BCUT2D eigenvalue weighted by Gasteiger charge is 2.18. The highest BCUT2D eigenvalue weighted by Crippen LogP contribution is 2.20. The van der Waals surface area contributed by atoms with E-state index in [2.05, 4.69) is 4.74 Å². The Morgan fingerprint density at radius 2 is 2.12 bits per heavy atom. The first-order valence-electron chi connectivity index (χ1n) is 4.57. The standard InChI is InChI=1S/C11H13NO4/c1-12-5-4-8(10(12)6-13)9(7-15-2)11(14)16-3/h4-7H,1-3H3/b9-7+. The molecule has 1 rings (SSSR count). The number of rotatable bonds is 4. The van der Waals surface area contributed by atoms with Gasteiger partial charge in [0.2, 0.25) is 0 Å². The van der Waals surface area contributed by atoms with E-state index in [4.69, 9.17) is 4.74 Å². The molecule has 1 heterocycles. The van der Waals surface area contributed by atoms with E-state index in [1.807, 2.05) is 0 Å². The minimum absolute atomic E-state index is 0.215. The van der Waals surface area contributed by atoms with Gasteiger partial charge in [0.05, 0.1) is 26.2 Å². The maximum absolute atomic E-state index is 11.5. The van der Waals surface area contributed by atoms with Crippen LogP contribution in [0.5, 0.6) is 0 Å². The van der Waals surface area contributed by atoms with E-state index in [-0.39, 0.29) is 5.57 Å². The molecule has 16 heavy (non-hydrogen) atoms. The molecule has 0 aliphatic rings. The number of hydrogen-bond acceptors (Lipinski definition) is 4. The van der Waals surface area contributed by atoms with Crippen molar-refractivity contribution in [1.82, 2.24) is 4.57 Å². The van der Waals surface area contributed by atoms with Crippen molar-refractivity contribution in [3.8, 4) is 0 Å². The van der Waals surface area contributed by atoms with Gasteiger partial charge >= 0.3 is 5.97 Å². The Morgan fingerprint density at radius 1 is 1.44 bits per heavy atom. The molecule has 1 aromatic heterocycles. The summed E-state index contributed by atoms with van der Waals surface area (Å²) >= 11 is 0. The van der Waals surface area contributed by atoms with Crippen LogP contribution in [0.2, 0.25) is 0 Å². The SMILES string of the molecule is CO/C=C(/C(=O)OC)c1ccn(C)c1C=O. The molecule has 5 nitrogen and oxygen atoms in total. The minimum atomic E-state index is -0.545. The fourth-order valence-corrected chi connectivity index (χ4v) is 1.37. The number of aromatic nitrogens is 1. The van der Waals surface area contributed by atoms with Gasteiger partial charge in [-0.3, -0.25) is 4.79 Å². The third kappa shape index (κ3) is 2.13. The normalized spacial score (nSPS) is 11.1. The molecule has 1 aromatic rings. The summed E-state index contributed by atoms with van der Waals surface area (Å²) in [6.45, 7) is 0. The zero-order chi connectivity index (χ0) is 12.1. The van der Waals surface area contributed by atoms with Gasteiger partial charge < -0.3 is 14.0 Å². The number of methoxy groups -OCH3 is 2. The van der Waals surface area contributed by atoms with Gasteiger partial charge in [0.25, 0.3) is 0 Å². The summed E-state index contributed by atoms with van der Waals surface area (Å²) in [6.07, 6.45) is 3.63. The largest absolute Gasteiger partial charge is 0.503 e. The Kier molecular flexibility index (Phi) is 3.88. The Labute approximate surface area is 93.3 Å². The molecule has 0 N–H and O–H groups in total. The van der Waals surface area contributed by atoms with Crippen molar-refractivity contribution in [2.24, 2.45) is 7.05 Å². The maximum Gasteiger partial charge on any atom is 0.341 e. The highest BCUT2D eigenvalue weighted by molar-refractivity contribution is 6.17. The second-order valence-electron chi connectivity index (χ2n) is 3.10. The minimum Gasteiger partial charge on any atom is -0.503 e. The van der Waals surface area contributed by atoms with Gasteiger partial charge in [0.1, 0.15) is 5.57 Å². The van der Waals surface area contributed by atoms with Gasteiger partial charge in [0, 0.05) is 18.8 Å². The van der Waals surface area contributed by atoms with Gasteiger partial charge in [-0.2, -0.15) is 0 Å². The second-order valence-corrected chi connectivity index (χ2v) is 3.10. The molecule has 5 heteroatoms. The maximum atomic E-state index is 11.5. The van der Waals surface area contributed by atoms with Crippen LogP contribution in [0.3, 0.4) is 0 Å². The van der Waals surface area contributed by atoms with Crippen LogP contribution in [0, 0.1) is 0 Å². The average Bonchev–Trinajstić information content (AvgIpc) is 2.66. The van der Waals surface area contributed by atoms with Crippen LogP contribution in [0.4, 0.5) is 0 Å². The predicted molar refractivity (Wildman–Crippen MR) is 57.8 cm³/mol. The molecule has 0 amide bonds. The van der Waals surface area contributed by atoms with E-state index in [1.54, 1.807) is 23.9 Å². The molecule has 0 radical (unpaired) electrons. The van der Waals surface area contributed by atoms with Crippen molar-refractivity contribution in [3.63, 3.8) is 0 Å². The van der Waals surface area contributed by atoms with Crippen molar-refractivity contribution in [2.75, 3.05) is 14.2 Å². The van der Waals surface area contributed by atoms with Crippen LogP contribution in [-0.4, -0.2) is 31.0 Å². The van der Waals surface area contributed by atoms with Crippen molar-refractivity contribution in [3.05, 3.63) is 29.8 Å². The van der Waals surface area contributed by atoms with E-state index in [0.29, 0.717) is 17.5 Å². The zero-order valence-electron chi connectivity index (χ0n) is 9.39. The Morgan fingerprint density at radius 3 is 2.62 bits per heavy atom. The number of ether oxygens (including phenoxy) is 2. The second kappa shape index (κ2) is 5.16. The highest BCUT2D eigenvalue weighted by atomic mass is 16.5. The van der Waals surface area contributed by atoms with E-state index in [9.17, 15) is 9.59 Å². The summed E-state index contributed by atoms with van der Waals surface area (Å²) in [6, 6.07) is 1.66. The summed E-state index contributed by atoms with van der Waals surface area (Å²) in [7, 11) is 4.41. The van der Waals surface area contributed by atoms with Gasteiger partial charge in [-0.15, -0.1) is 0 Å². The molecular weight excluding hydrogens is 210 g/mol. The van der Waals surface area contributed by atoms with Crippen molar-refractivity contribution < 1.29 is 19.1 Å². The zero-order valence-corrected chi connectivity index (χ0v) is 9.39. The summed E-state index contributed by atoms with van der Waals surface area (Å²) in [5, 5.41) is 0. The van der Waals surface area contributed by atoms with Crippen LogP contribution in [0.1, 0.15) is 16.1 Å². The average molecular weight is 223 g/mol. The number of hydrogen-bond donors (Lipinski definition) is 0. The van der Waals surface area contributed by atoms with Crippen molar-refractivity contribution in [1.29, 1.82) is 0 Å². The van der Waals surface area contributed by atoms with Gasteiger partial charge in [-0.1, -0.05) is 0 Å². The fourth-order valence-electron chi connectivity index (χ4n) is 1.37. The van der Waals surface area contributed by atoms with Crippen LogP contribution >= 0.6 is 0 Å². The molecule has 0 atom stereocenters. The quantitative estimate of drug-likeness (QED) is 0.330.